The van der Waals surface area contributed by atoms with Gasteiger partial charge >= 0.3 is 115 Å². The third-order valence-electron chi connectivity index (χ3n) is 4.10. The number of alkyl halides is 3. The van der Waals surface area contributed by atoms with E-state index in [4.69, 9.17) is 0 Å². The summed E-state index contributed by atoms with van der Waals surface area (Å²) in [5.74, 6) is -0.245. The minimum atomic E-state index is -1.14. The summed E-state index contributed by atoms with van der Waals surface area (Å²) >= 11 is -0.0389. The number of piperidine rings is 1. The molecular weight excluding hydrogens is 347 g/mol. The molecule has 0 radical (unpaired) electrons. The van der Waals surface area contributed by atoms with Gasteiger partial charge < -0.3 is 0 Å². The van der Waals surface area contributed by atoms with Crippen LogP contribution in [0.4, 0.5) is 8.78 Å². The van der Waals surface area contributed by atoms with Gasteiger partial charge in [0.05, 0.1) is 0 Å². The molecule has 2 saturated heterocycles. The molecule has 3 aliphatic heterocycles. The fraction of sp³-hybridized carbons (Fsp3) is 0.429. The second kappa shape index (κ2) is 3.46. The van der Waals surface area contributed by atoms with Crippen LogP contribution >= 0.6 is 0 Å². The Morgan fingerprint density at radius 1 is 1.44 bits per heavy atom. The summed E-state index contributed by atoms with van der Waals surface area (Å²) in [4.78, 5) is 2.28. The van der Waals surface area contributed by atoms with Crippen molar-refractivity contribution in [2.24, 2.45) is 0 Å². The van der Waals surface area contributed by atoms with Gasteiger partial charge in [0.25, 0.3) is 0 Å². The van der Waals surface area contributed by atoms with Crippen LogP contribution in [0.5, 0.6) is 0 Å². The predicted octanol–water partition coefficient (Wildman–Crippen LogP) is -0.167. The normalized spacial score (nSPS) is 44.7. The van der Waals surface area contributed by atoms with Crippen LogP contribution in [-0.2, 0) is 0 Å². The Labute approximate surface area is 115 Å². The van der Waals surface area contributed by atoms with Crippen LogP contribution in [0.2, 0.25) is 0 Å². The number of hydrogen-bond donors (Lipinski definition) is 0. The van der Waals surface area contributed by atoms with E-state index in [0.717, 1.165) is 11.1 Å². The van der Waals surface area contributed by atoms with Gasteiger partial charge in [0.2, 0.25) is 0 Å². The molecule has 4 atom stereocenters. The zero-order valence-electron chi connectivity index (χ0n) is 9.91. The molecule has 0 amide bonds. The third-order valence-corrected chi connectivity index (χ3v) is 8.37. The number of rotatable bonds is 0. The summed E-state index contributed by atoms with van der Waals surface area (Å²) in [6.45, 7) is 2.17. The molecule has 0 aromatic heterocycles. The Morgan fingerprint density at radius 3 is 3.11 bits per heavy atom. The Bertz CT molecular complexity index is 548. The molecule has 4 unspecified atom stereocenters. The number of allylic oxidation sites excluding steroid dienone is 4. The van der Waals surface area contributed by atoms with Gasteiger partial charge in [-0.05, 0) is 0 Å². The average molecular weight is 360 g/mol. The number of fused-ring (bicyclic) bond motifs is 6. The molecule has 0 aromatic rings. The van der Waals surface area contributed by atoms with Crippen LogP contribution in [0.25, 0.3) is 0 Å². The topological polar surface area (TPSA) is 3.24 Å². The van der Waals surface area contributed by atoms with Crippen LogP contribution in [0, 0.1) is 0 Å². The zero-order valence-corrected chi connectivity index (χ0v) is 12.1. The van der Waals surface area contributed by atoms with Crippen LogP contribution in [0.15, 0.2) is 47.5 Å². The molecule has 1 nitrogen and oxygen atoms in total. The Morgan fingerprint density at radius 2 is 2.28 bits per heavy atom. The summed E-state index contributed by atoms with van der Waals surface area (Å²) in [7, 11) is 0. The Hall–Kier alpha value is -0.650. The Kier molecular flexibility index (Phi) is 2.16. The van der Waals surface area contributed by atoms with Crippen molar-refractivity contribution in [3.05, 3.63) is 47.5 Å². The van der Waals surface area contributed by atoms with Crippen LogP contribution in [-0.4, -0.2) is 24.6 Å². The van der Waals surface area contributed by atoms with Crippen molar-refractivity contribution < 1.29 is 30.0 Å². The molecule has 0 spiro atoms. The summed E-state index contributed by atoms with van der Waals surface area (Å²) in [6.07, 6.45) is 8.53. The summed E-state index contributed by atoms with van der Waals surface area (Å²) in [5.41, 5.74) is 1.72. The van der Waals surface area contributed by atoms with E-state index in [9.17, 15) is 8.78 Å². The third kappa shape index (κ3) is 1.30. The first-order valence-electron chi connectivity index (χ1n) is 6.13. The van der Waals surface area contributed by atoms with E-state index >= 15 is 0 Å². The van der Waals surface area contributed by atoms with E-state index in [0.29, 0.717) is 4.05 Å². The summed E-state index contributed by atoms with van der Waals surface area (Å²) in [6, 6.07) is -0.00553. The molecule has 0 N–H and O–H groups in total. The molecule has 1 aliphatic carbocycles. The fourth-order valence-corrected chi connectivity index (χ4v) is 6.54. The van der Waals surface area contributed by atoms with Gasteiger partial charge in [-0.3, -0.25) is 0 Å². The first kappa shape index (κ1) is 11.2. The molecule has 0 saturated carbocycles. The molecule has 4 heteroatoms. The van der Waals surface area contributed by atoms with Gasteiger partial charge in [0.1, 0.15) is 0 Å². The van der Waals surface area contributed by atoms with Crippen molar-refractivity contribution in [3.8, 4) is 0 Å². The second-order valence-corrected chi connectivity index (χ2v) is 9.30. The van der Waals surface area contributed by atoms with Gasteiger partial charge in [-0.1, -0.05) is 0 Å². The van der Waals surface area contributed by atoms with Gasteiger partial charge in [0, 0.05) is 0 Å². The molecule has 2 fully saturated rings. The minimum absolute atomic E-state index is 0.00553. The first-order chi connectivity index (χ1) is 8.61. The second-order valence-electron chi connectivity index (χ2n) is 5.26. The van der Waals surface area contributed by atoms with Gasteiger partial charge in [-0.2, -0.15) is 0 Å². The standard InChI is InChI=1S/C14H13F2IN/c1-14-9-6-8(15)7-10(16)12(9)11-4-2-3-5-18(11)13(14)17-14/h2-6,8,11,13H,7H2,1H3/q-1. The molecule has 4 aliphatic rings. The average Bonchev–Trinajstić information content (AvgIpc) is 3.03. The van der Waals surface area contributed by atoms with Crippen molar-refractivity contribution >= 4 is 0 Å². The molecule has 96 valence electrons. The van der Waals surface area contributed by atoms with Crippen LogP contribution in [0.3, 0.4) is 0 Å². The number of halogens is 3. The van der Waals surface area contributed by atoms with E-state index in [1.54, 1.807) is 6.08 Å². The van der Waals surface area contributed by atoms with Gasteiger partial charge in [-0.15, -0.1) is 0 Å². The quantitative estimate of drug-likeness (QED) is 0.330. The molecule has 0 bridgehead atoms. The SMILES string of the molecule is CC12[I-]C1N1C=CC=CC1C1=C(F)CC(F)C=C12. The predicted molar refractivity (Wildman–Crippen MR) is 61.8 cm³/mol. The Balaban J connectivity index is 1.89. The van der Waals surface area contributed by atoms with E-state index in [2.05, 4.69) is 18.0 Å². The van der Waals surface area contributed by atoms with Crippen molar-refractivity contribution in [3.63, 3.8) is 0 Å². The molecule has 3 heterocycles. The van der Waals surface area contributed by atoms with Crippen molar-refractivity contribution in [1.29, 1.82) is 0 Å². The van der Waals surface area contributed by atoms with Crippen molar-refractivity contribution in [2.75, 3.05) is 0 Å². The maximum absolute atomic E-state index is 14.2. The van der Waals surface area contributed by atoms with E-state index in [-0.39, 0.29) is 42.9 Å². The summed E-state index contributed by atoms with van der Waals surface area (Å²) < 4.78 is 28.4. The zero-order chi connectivity index (χ0) is 12.5. The number of nitrogens with zero attached hydrogens (tertiary/aromatic N) is 1. The van der Waals surface area contributed by atoms with Crippen molar-refractivity contribution in [2.45, 2.75) is 33.0 Å². The summed E-state index contributed by atoms with van der Waals surface area (Å²) in [5, 5.41) is 0. The van der Waals surface area contributed by atoms with E-state index < -0.39 is 6.17 Å². The number of hydrogen-bond acceptors (Lipinski definition) is 1. The van der Waals surface area contributed by atoms with E-state index in [1.807, 2.05) is 18.2 Å². The molecule has 18 heavy (non-hydrogen) atoms. The monoisotopic (exact) mass is 360 g/mol. The van der Waals surface area contributed by atoms with Crippen molar-refractivity contribution in [1.82, 2.24) is 4.90 Å². The van der Waals surface area contributed by atoms with Gasteiger partial charge in [0.15, 0.2) is 0 Å². The fourth-order valence-electron chi connectivity index (χ4n) is 3.18. The van der Waals surface area contributed by atoms with E-state index in [1.165, 1.54) is 0 Å². The molecular formula is C14H13F2IN-. The molecule has 0 aromatic carbocycles. The van der Waals surface area contributed by atoms with Gasteiger partial charge in [-0.25, -0.2) is 0 Å². The van der Waals surface area contributed by atoms with Crippen LogP contribution < -0.4 is 21.2 Å². The maximum atomic E-state index is 14.2. The molecule has 4 rings (SSSR count). The first-order valence-corrected chi connectivity index (χ1v) is 8.46. The van der Waals surface area contributed by atoms with Crippen LogP contribution in [0.1, 0.15) is 13.3 Å².